The summed E-state index contributed by atoms with van der Waals surface area (Å²) < 4.78 is 10.8. The summed E-state index contributed by atoms with van der Waals surface area (Å²) in [6, 6.07) is 1.17. The highest BCUT2D eigenvalue weighted by molar-refractivity contribution is 5.77. The van der Waals surface area contributed by atoms with Gasteiger partial charge in [0.15, 0.2) is 11.6 Å². The van der Waals surface area contributed by atoms with Gasteiger partial charge >= 0.3 is 11.9 Å². The predicted molar refractivity (Wildman–Crippen MR) is 71.8 cm³/mol. The molecule has 0 aliphatic heterocycles. The second kappa shape index (κ2) is 4.98. The van der Waals surface area contributed by atoms with Gasteiger partial charge in [-0.1, -0.05) is 13.8 Å². The first-order chi connectivity index (χ1) is 9.70. The number of hydrogen-bond donors (Lipinski definition) is 2. The van der Waals surface area contributed by atoms with Crippen molar-refractivity contribution in [3.63, 3.8) is 0 Å². The van der Waals surface area contributed by atoms with Crippen LogP contribution < -0.4 is 4.74 Å². The third-order valence-electron chi connectivity index (χ3n) is 4.15. The van der Waals surface area contributed by atoms with Crippen molar-refractivity contribution in [1.82, 2.24) is 4.57 Å². The second-order valence-corrected chi connectivity index (χ2v) is 5.82. The molecule has 1 aromatic rings. The zero-order chi connectivity index (χ0) is 15.9. The molecule has 2 atom stereocenters. The molecule has 1 heterocycles. The van der Waals surface area contributed by atoms with E-state index in [1.54, 1.807) is 0 Å². The number of carbonyl (C=O) groups is 2. The van der Waals surface area contributed by atoms with E-state index in [-0.39, 0.29) is 47.3 Å². The number of nitrogens with zero attached hydrogens (tertiary/aromatic N) is 1. The van der Waals surface area contributed by atoms with Gasteiger partial charge in [0.1, 0.15) is 0 Å². The summed E-state index contributed by atoms with van der Waals surface area (Å²) in [6.45, 7) is 5.27. The summed E-state index contributed by atoms with van der Waals surface area (Å²) in [5.41, 5.74) is -0.280. The minimum atomic E-state index is -0.596. The van der Waals surface area contributed by atoms with E-state index in [0.29, 0.717) is 0 Å². The quantitative estimate of drug-likeness (QED) is 0.812. The van der Waals surface area contributed by atoms with Crippen molar-refractivity contribution in [2.45, 2.75) is 27.3 Å². The number of aromatic nitrogens is 1. The highest BCUT2D eigenvalue weighted by Crippen LogP contribution is 2.60. The smallest absolute Gasteiger partial charge is 0.309 e. The average molecular weight is 297 g/mol. The standard InChI is InChI=1S/C14H19NO6/c1-7(16)21-9-5-10(17)15(12(9)18)6-8-11(13(19)20-4)14(8,2)3/h5,8,11,17-18H,6H2,1-4H3. The SMILES string of the molecule is COC(=O)C1C(Cn2c(O)cc(OC(C)=O)c2O)C1(C)C. The Balaban J connectivity index is 2.20. The van der Waals surface area contributed by atoms with Gasteiger partial charge in [-0.05, 0) is 11.3 Å². The van der Waals surface area contributed by atoms with Crippen LogP contribution in [0.5, 0.6) is 17.5 Å². The van der Waals surface area contributed by atoms with Crippen LogP contribution >= 0.6 is 0 Å². The van der Waals surface area contributed by atoms with Crippen molar-refractivity contribution in [1.29, 1.82) is 0 Å². The lowest BCUT2D eigenvalue weighted by Crippen LogP contribution is -2.08. The van der Waals surface area contributed by atoms with Crippen LogP contribution in [0.2, 0.25) is 0 Å². The van der Waals surface area contributed by atoms with Crippen LogP contribution in [0.3, 0.4) is 0 Å². The van der Waals surface area contributed by atoms with Gasteiger partial charge in [0, 0.05) is 19.5 Å². The molecule has 2 N–H and O–H groups in total. The maximum Gasteiger partial charge on any atom is 0.309 e. The van der Waals surface area contributed by atoms with Crippen LogP contribution in [0.1, 0.15) is 20.8 Å². The molecule has 0 radical (unpaired) electrons. The number of rotatable bonds is 4. The van der Waals surface area contributed by atoms with E-state index >= 15 is 0 Å². The Kier molecular flexibility index (Phi) is 3.61. The normalized spacial score (nSPS) is 22.7. The van der Waals surface area contributed by atoms with Gasteiger partial charge < -0.3 is 19.7 Å². The molecule has 7 nitrogen and oxygen atoms in total. The number of carbonyl (C=O) groups excluding carboxylic acids is 2. The van der Waals surface area contributed by atoms with Crippen molar-refractivity contribution in [3.8, 4) is 17.5 Å². The molecule has 0 bridgehead atoms. The molecule has 1 saturated carbocycles. The summed E-state index contributed by atoms with van der Waals surface area (Å²) in [7, 11) is 1.33. The molecule has 0 saturated heterocycles. The van der Waals surface area contributed by atoms with E-state index in [1.807, 2.05) is 13.8 Å². The molecule has 0 amide bonds. The van der Waals surface area contributed by atoms with Crippen LogP contribution in [-0.4, -0.2) is 33.8 Å². The van der Waals surface area contributed by atoms with Crippen LogP contribution in [0.15, 0.2) is 6.07 Å². The van der Waals surface area contributed by atoms with E-state index in [2.05, 4.69) is 0 Å². The number of ether oxygens (including phenoxy) is 2. The Bertz CT molecular complexity index is 589. The molecular weight excluding hydrogens is 278 g/mol. The van der Waals surface area contributed by atoms with Crippen molar-refractivity contribution in [3.05, 3.63) is 6.07 Å². The summed E-state index contributed by atoms with van der Waals surface area (Å²) in [6.07, 6.45) is 0. The summed E-state index contributed by atoms with van der Waals surface area (Å²) in [5.74, 6) is -1.95. The molecule has 2 unspecified atom stereocenters. The van der Waals surface area contributed by atoms with Gasteiger partial charge in [0.25, 0.3) is 0 Å². The third-order valence-corrected chi connectivity index (χ3v) is 4.15. The van der Waals surface area contributed by atoms with Gasteiger partial charge in [-0.15, -0.1) is 0 Å². The topological polar surface area (TPSA) is 98.0 Å². The summed E-state index contributed by atoms with van der Waals surface area (Å²) in [4.78, 5) is 22.6. The number of esters is 2. The van der Waals surface area contributed by atoms with E-state index in [9.17, 15) is 19.8 Å². The zero-order valence-electron chi connectivity index (χ0n) is 12.4. The zero-order valence-corrected chi connectivity index (χ0v) is 12.4. The molecule has 1 aromatic heterocycles. The van der Waals surface area contributed by atoms with E-state index < -0.39 is 5.97 Å². The number of methoxy groups -OCH3 is 1. The minimum Gasteiger partial charge on any atom is -0.494 e. The molecule has 2 rings (SSSR count). The fraction of sp³-hybridized carbons (Fsp3) is 0.571. The fourth-order valence-corrected chi connectivity index (χ4v) is 2.79. The lowest BCUT2D eigenvalue weighted by atomic mass is 10.1. The Labute approximate surface area is 122 Å². The molecule has 116 valence electrons. The Hall–Kier alpha value is -2.18. The third kappa shape index (κ3) is 2.55. The highest BCUT2D eigenvalue weighted by atomic mass is 16.5. The first-order valence-electron chi connectivity index (χ1n) is 6.57. The second-order valence-electron chi connectivity index (χ2n) is 5.82. The highest BCUT2D eigenvalue weighted by Gasteiger charge is 2.62. The van der Waals surface area contributed by atoms with Crippen LogP contribution in [0.25, 0.3) is 0 Å². The molecule has 7 heteroatoms. The van der Waals surface area contributed by atoms with Crippen LogP contribution in [0.4, 0.5) is 0 Å². The largest absolute Gasteiger partial charge is 0.494 e. The molecule has 0 spiro atoms. The first-order valence-corrected chi connectivity index (χ1v) is 6.57. The molecule has 21 heavy (non-hydrogen) atoms. The van der Waals surface area contributed by atoms with Crippen molar-refractivity contribution in [2.24, 2.45) is 17.3 Å². The van der Waals surface area contributed by atoms with Gasteiger partial charge in [-0.3, -0.25) is 14.2 Å². The van der Waals surface area contributed by atoms with Gasteiger partial charge in [0.05, 0.1) is 13.0 Å². The number of aromatic hydroxyl groups is 2. The lowest BCUT2D eigenvalue weighted by molar-refractivity contribution is -0.143. The monoisotopic (exact) mass is 297 g/mol. The van der Waals surface area contributed by atoms with Crippen molar-refractivity contribution >= 4 is 11.9 Å². The van der Waals surface area contributed by atoms with E-state index in [1.165, 1.54) is 24.7 Å². The Morgan fingerprint density at radius 3 is 2.52 bits per heavy atom. The average Bonchev–Trinajstić information content (AvgIpc) is 2.83. The van der Waals surface area contributed by atoms with Gasteiger partial charge in [0.2, 0.25) is 5.88 Å². The lowest BCUT2D eigenvalue weighted by Gasteiger charge is -2.07. The Morgan fingerprint density at radius 2 is 2.00 bits per heavy atom. The summed E-state index contributed by atoms with van der Waals surface area (Å²) in [5, 5.41) is 19.8. The predicted octanol–water partition coefficient (Wildman–Crippen LogP) is 1.27. The minimum absolute atomic E-state index is 0.0840. The molecule has 1 fully saturated rings. The van der Waals surface area contributed by atoms with Crippen molar-refractivity contribution in [2.75, 3.05) is 7.11 Å². The molecule has 1 aliphatic rings. The van der Waals surface area contributed by atoms with E-state index in [4.69, 9.17) is 9.47 Å². The maximum atomic E-state index is 11.7. The van der Waals surface area contributed by atoms with Crippen LogP contribution in [-0.2, 0) is 20.9 Å². The first kappa shape index (κ1) is 15.2. The summed E-state index contributed by atoms with van der Waals surface area (Å²) >= 11 is 0. The fourth-order valence-electron chi connectivity index (χ4n) is 2.79. The Morgan fingerprint density at radius 1 is 1.38 bits per heavy atom. The molecular formula is C14H19NO6. The molecule has 1 aliphatic carbocycles. The van der Waals surface area contributed by atoms with E-state index in [0.717, 1.165) is 0 Å². The molecule has 0 aromatic carbocycles. The van der Waals surface area contributed by atoms with Gasteiger partial charge in [-0.2, -0.15) is 0 Å². The van der Waals surface area contributed by atoms with Crippen molar-refractivity contribution < 1.29 is 29.3 Å². The number of hydrogen-bond acceptors (Lipinski definition) is 6. The van der Waals surface area contributed by atoms with Gasteiger partial charge in [-0.25, -0.2) is 0 Å². The maximum absolute atomic E-state index is 11.7. The van der Waals surface area contributed by atoms with Crippen LogP contribution in [0, 0.1) is 17.3 Å².